The van der Waals surface area contributed by atoms with E-state index in [1.807, 2.05) is 57.2 Å². The van der Waals surface area contributed by atoms with Crippen molar-refractivity contribution in [2.45, 2.75) is 64.4 Å². The molecule has 0 aromatic heterocycles. The molecule has 0 bridgehead atoms. The Morgan fingerprint density at radius 1 is 0.769 bits per heavy atom. The van der Waals surface area contributed by atoms with Crippen molar-refractivity contribution >= 4 is 16.9 Å². The maximum Gasteiger partial charge on any atom is 0.410 e. The summed E-state index contributed by atoms with van der Waals surface area (Å²) in [7, 11) is 0. The molecular formula is C43H54N2O7. The predicted molar refractivity (Wildman–Crippen MR) is 203 cm³/mol. The monoisotopic (exact) mass is 710 g/mol. The largest absolute Gasteiger partial charge is 0.494 e. The van der Waals surface area contributed by atoms with E-state index in [1.54, 1.807) is 4.90 Å². The summed E-state index contributed by atoms with van der Waals surface area (Å²) in [6, 6.07) is 31.2. The first kappa shape index (κ1) is 37.6. The molecule has 52 heavy (non-hydrogen) atoms. The SMILES string of the molecule is CC(C)(C)OC(=O)N1CCC(c2ccc(OCCCOCc3ccccc3)cc2)C(OCc2ccc3ccc(OCCN4CCOCC4)cc3c2)C1. The molecule has 0 N–H and O–H groups in total. The molecule has 2 saturated heterocycles. The summed E-state index contributed by atoms with van der Waals surface area (Å²) in [6.45, 7) is 14.0. The van der Waals surface area contributed by atoms with Crippen LogP contribution in [0.15, 0.2) is 91.0 Å². The molecule has 0 aliphatic carbocycles. The Kier molecular flexibility index (Phi) is 13.4. The molecule has 0 spiro atoms. The first-order valence-corrected chi connectivity index (χ1v) is 18.7. The summed E-state index contributed by atoms with van der Waals surface area (Å²) in [6.07, 6.45) is 1.07. The number of carbonyl (C=O) groups is 1. The lowest BCUT2D eigenvalue weighted by atomic mass is 9.87. The fourth-order valence-corrected chi connectivity index (χ4v) is 6.66. The van der Waals surface area contributed by atoms with Crippen molar-refractivity contribution in [1.82, 2.24) is 9.80 Å². The molecule has 0 radical (unpaired) electrons. The highest BCUT2D eigenvalue weighted by molar-refractivity contribution is 5.84. The molecule has 2 aliphatic rings. The van der Waals surface area contributed by atoms with Crippen LogP contribution in [0.2, 0.25) is 0 Å². The van der Waals surface area contributed by atoms with Gasteiger partial charge in [-0.3, -0.25) is 4.90 Å². The summed E-state index contributed by atoms with van der Waals surface area (Å²) < 4.78 is 35.8. The van der Waals surface area contributed by atoms with E-state index < -0.39 is 5.60 Å². The quantitative estimate of drug-likeness (QED) is 0.116. The van der Waals surface area contributed by atoms with Crippen LogP contribution < -0.4 is 9.47 Å². The van der Waals surface area contributed by atoms with Gasteiger partial charge in [0.05, 0.1) is 52.3 Å². The summed E-state index contributed by atoms with van der Waals surface area (Å²) >= 11 is 0. The molecule has 9 nitrogen and oxygen atoms in total. The number of benzene rings is 4. The van der Waals surface area contributed by atoms with Crippen LogP contribution in [0.1, 0.15) is 56.2 Å². The minimum atomic E-state index is -0.565. The van der Waals surface area contributed by atoms with Gasteiger partial charge >= 0.3 is 6.09 Å². The number of carbonyl (C=O) groups excluding carboxylic acids is 1. The highest BCUT2D eigenvalue weighted by Gasteiger charge is 2.35. The Bertz CT molecular complexity index is 1690. The van der Waals surface area contributed by atoms with Gasteiger partial charge in [0, 0.05) is 38.5 Å². The van der Waals surface area contributed by atoms with Crippen molar-refractivity contribution < 1.29 is 33.2 Å². The Morgan fingerprint density at radius 2 is 1.52 bits per heavy atom. The third kappa shape index (κ3) is 11.4. The van der Waals surface area contributed by atoms with E-state index in [0.717, 1.165) is 73.5 Å². The van der Waals surface area contributed by atoms with Gasteiger partial charge in [-0.2, -0.15) is 0 Å². The van der Waals surface area contributed by atoms with Crippen LogP contribution in [0.25, 0.3) is 10.8 Å². The van der Waals surface area contributed by atoms with Gasteiger partial charge in [-0.1, -0.05) is 60.7 Å². The number of ether oxygens (including phenoxy) is 6. The number of hydrogen-bond donors (Lipinski definition) is 0. The molecule has 4 aromatic carbocycles. The Hall–Kier alpha value is -4.15. The number of fused-ring (bicyclic) bond motifs is 1. The molecule has 2 aliphatic heterocycles. The molecule has 6 rings (SSSR count). The van der Waals surface area contributed by atoms with Gasteiger partial charge in [0.15, 0.2) is 0 Å². The average molecular weight is 711 g/mol. The summed E-state index contributed by atoms with van der Waals surface area (Å²) in [5.74, 6) is 1.81. The molecule has 1 amide bonds. The first-order chi connectivity index (χ1) is 25.3. The van der Waals surface area contributed by atoms with Crippen LogP contribution in [-0.4, -0.2) is 93.4 Å². The van der Waals surface area contributed by atoms with Crippen LogP contribution in [-0.2, 0) is 32.2 Å². The van der Waals surface area contributed by atoms with Gasteiger partial charge in [0.1, 0.15) is 23.7 Å². The van der Waals surface area contributed by atoms with Crippen LogP contribution in [0.3, 0.4) is 0 Å². The number of amides is 1. The third-order valence-electron chi connectivity index (χ3n) is 9.45. The van der Waals surface area contributed by atoms with Gasteiger partial charge in [0.2, 0.25) is 0 Å². The highest BCUT2D eigenvalue weighted by Crippen LogP contribution is 2.33. The fraction of sp³-hybridized carbons (Fsp3) is 0.465. The van der Waals surface area contributed by atoms with E-state index in [-0.39, 0.29) is 18.1 Å². The highest BCUT2D eigenvalue weighted by atomic mass is 16.6. The van der Waals surface area contributed by atoms with Crippen molar-refractivity contribution in [3.63, 3.8) is 0 Å². The average Bonchev–Trinajstić information content (AvgIpc) is 3.15. The van der Waals surface area contributed by atoms with Gasteiger partial charge in [0.25, 0.3) is 0 Å². The number of morpholine rings is 1. The third-order valence-corrected chi connectivity index (χ3v) is 9.45. The van der Waals surface area contributed by atoms with Crippen molar-refractivity contribution in [2.24, 2.45) is 0 Å². The van der Waals surface area contributed by atoms with Crippen molar-refractivity contribution in [3.05, 3.63) is 108 Å². The molecule has 9 heteroatoms. The van der Waals surface area contributed by atoms with Gasteiger partial charge < -0.3 is 33.3 Å². The van der Waals surface area contributed by atoms with Crippen LogP contribution >= 0.6 is 0 Å². The van der Waals surface area contributed by atoms with E-state index in [1.165, 1.54) is 11.1 Å². The second-order valence-electron chi connectivity index (χ2n) is 14.6. The number of likely N-dealkylation sites (tertiary alicyclic amines) is 1. The van der Waals surface area contributed by atoms with Crippen LogP contribution in [0.5, 0.6) is 11.5 Å². The molecule has 2 atom stereocenters. The van der Waals surface area contributed by atoms with E-state index >= 15 is 0 Å². The zero-order valence-corrected chi connectivity index (χ0v) is 31.0. The topological polar surface area (TPSA) is 78.9 Å². The fourth-order valence-electron chi connectivity index (χ4n) is 6.66. The minimum Gasteiger partial charge on any atom is -0.494 e. The van der Waals surface area contributed by atoms with Gasteiger partial charge in [-0.15, -0.1) is 0 Å². The lowest BCUT2D eigenvalue weighted by molar-refractivity contribution is -0.0359. The maximum atomic E-state index is 13.1. The van der Waals surface area contributed by atoms with Crippen LogP contribution in [0, 0.1) is 0 Å². The van der Waals surface area contributed by atoms with Crippen molar-refractivity contribution in [3.8, 4) is 11.5 Å². The normalized spacial score (nSPS) is 18.3. The van der Waals surface area contributed by atoms with E-state index in [4.69, 9.17) is 28.4 Å². The Balaban J connectivity index is 1.05. The Morgan fingerprint density at radius 3 is 2.31 bits per heavy atom. The number of nitrogens with zero attached hydrogens (tertiary/aromatic N) is 2. The first-order valence-electron chi connectivity index (χ1n) is 18.7. The zero-order chi connectivity index (χ0) is 36.2. The summed E-state index contributed by atoms with van der Waals surface area (Å²) in [5.41, 5.74) is 2.85. The molecular weight excluding hydrogens is 656 g/mol. The molecule has 2 unspecified atom stereocenters. The number of rotatable bonds is 15. The molecule has 4 aromatic rings. The zero-order valence-electron chi connectivity index (χ0n) is 31.0. The van der Waals surface area contributed by atoms with Gasteiger partial charge in [-0.05, 0) is 85.0 Å². The van der Waals surface area contributed by atoms with E-state index in [9.17, 15) is 4.79 Å². The second kappa shape index (κ2) is 18.6. The molecule has 0 saturated carbocycles. The van der Waals surface area contributed by atoms with E-state index in [0.29, 0.717) is 46.1 Å². The second-order valence-corrected chi connectivity index (χ2v) is 14.6. The van der Waals surface area contributed by atoms with E-state index in [2.05, 4.69) is 59.5 Å². The minimum absolute atomic E-state index is 0.117. The lowest BCUT2D eigenvalue weighted by Crippen LogP contribution is -2.48. The van der Waals surface area contributed by atoms with Gasteiger partial charge in [-0.25, -0.2) is 4.79 Å². The molecule has 2 fully saturated rings. The number of piperidine rings is 1. The maximum absolute atomic E-state index is 13.1. The van der Waals surface area contributed by atoms with Crippen molar-refractivity contribution in [1.29, 1.82) is 0 Å². The summed E-state index contributed by atoms with van der Waals surface area (Å²) in [5, 5.41) is 2.26. The molecule has 278 valence electrons. The standard InChI is InChI=1S/C43H54N2O7/c1-43(2,3)52-42(46)45-19-18-40(36-13-15-38(16-14-36)49-24-7-23-48-31-33-8-5-4-6-9-33)41(30-45)51-32-34-10-11-35-12-17-39(29-37(35)28-34)50-27-22-44-20-25-47-26-21-44/h4-6,8-17,28-29,40-41H,7,18-27,30-32H2,1-3H3. The lowest BCUT2D eigenvalue weighted by Gasteiger charge is -2.39. The summed E-state index contributed by atoms with van der Waals surface area (Å²) in [4.78, 5) is 17.3. The smallest absolute Gasteiger partial charge is 0.410 e. The van der Waals surface area contributed by atoms with Crippen molar-refractivity contribution in [2.75, 3.05) is 65.8 Å². The van der Waals surface area contributed by atoms with Crippen LogP contribution in [0.4, 0.5) is 4.79 Å². The Labute approximate surface area is 308 Å². The molecule has 2 heterocycles. The predicted octanol–water partition coefficient (Wildman–Crippen LogP) is 7.85. The number of hydrogen-bond acceptors (Lipinski definition) is 8.